The van der Waals surface area contributed by atoms with Gasteiger partial charge in [0.2, 0.25) is 5.91 Å². The van der Waals surface area contributed by atoms with Gasteiger partial charge in [-0.1, -0.05) is 54.2 Å². The third-order valence-corrected chi connectivity index (χ3v) is 5.03. The Morgan fingerprint density at radius 2 is 1.77 bits per heavy atom. The average Bonchev–Trinajstić information content (AvgIpc) is 3.05. The van der Waals surface area contributed by atoms with Crippen molar-refractivity contribution in [2.75, 3.05) is 5.75 Å². The SMILES string of the molecule is Cc1nnc(SCC(=O)NCc2ccc(OC(F)(F)F)cc2)n1Cc1ccccc1. The lowest BCUT2D eigenvalue weighted by atomic mass is 10.2. The summed E-state index contributed by atoms with van der Waals surface area (Å²) in [5.74, 6) is 0.370. The number of carbonyl (C=O) groups is 1. The lowest BCUT2D eigenvalue weighted by Gasteiger charge is -2.10. The number of halogens is 3. The van der Waals surface area contributed by atoms with E-state index in [1.807, 2.05) is 41.8 Å². The molecule has 0 aliphatic rings. The molecule has 0 saturated carbocycles. The first-order valence-electron chi connectivity index (χ1n) is 8.98. The Hall–Kier alpha value is -3.01. The molecule has 0 radical (unpaired) electrons. The lowest BCUT2D eigenvalue weighted by molar-refractivity contribution is -0.274. The van der Waals surface area contributed by atoms with Gasteiger partial charge in [-0.15, -0.1) is 23.4 Å². The molecule has 3 rings (SSSR count). The van der Waals surface area contributed by atoms with Crippen LogP contribution in [-0.4, -0.2) is 32.8 Å². The second-order valence-electron chi connectivity index (χ2n) is 6.36. The number of aryl methyl sites for hydroxylation is 1. The van der Waals surface area contributed by atoms with E-state index in [-0.39, 0.29) is 24.0 Å². The van der Waals surface area contributed by atoms with Gasteiger partial charge in [-0.25, -0.2) is 0 Å². The van der Waals surface area contributed by atoms with E-state index in [2.05, 4.69) is 20.3 Å². The van der Waals surface area contributed by atoms with Gasteiger partial charge in [-0.05, 0) is 30.2 Å². The highest BCUT2D eigenvalue weighted by atomic mass is 32.2. The molecule has 0 fully saturated rings. The summed E-state index contributed by atoms with van der Waals surface area (Å²) < 4.78 is 42.3. The molecule has 0 saturated heterocycles. The molecule has 0 atom stereocenters. The monoisotopic (exact) mass is 436 g/mol. The van der Waals surface area contributed by atoms with Crippen molar-refractivity contribution < 1.29 is 22.7 Å². The van der Waals surface area contributed by atoms with Gasteiger partial charge in [0.25, 0.3) is 0 Å². The zero-order valence-electron chi connectivity index (χ0n) is 16.0. The van der Waals surface area contributed by atoms with Crippen LogP contribution in [0.15, 0.2) is 59.8 Å². The van der Waals surface area contributed by atoms with E-state index in [0.717, 1.165) is 11.4 Å². The summed E-state index contributed by atoms with van der Waals surface area (Å²) in [4.78, 5) is 12.2. The van der Waals surface area contributed by atoms with Gasteiger partial charge in [-0.3, -0.25) is 4.79 Å². The smallest absolute Gasteiger partial charge is 0.406 e. The Morgan fingerprint density at radius 1 is 1.07 bits per heavy atom. The summed E-state index contributed by atoms with van der Waals surface area (Å²) in [7, 11) is 0. The number of nitrogens with zero attached hydrogens (tertiary/aromatic N) is 3. The Kier molecular flexibility index (Phi) is 6.99. The summed E-state index contributed by atoms with van der Waals surface area (Å²) in [5, 5.41) is 11.6. The topological polar surface area (TPSA) is 69.0 Å². The maximum absolute atomic E-state index is 12.2. The number of nitrogens with one attached hydrogen (secondary N) is 1. The van der Waals surface area contributed by atoms with Gasteiger partial charge in [0.15, 0.2) is 5.16 Å². The maximum atomic E-state index is 12.2. The number of alkyl halides is 3. The number of carbonyl (C=O) groups excluding carboxylic acids is 1. The van der Waals surface area contributed by atoms with E-state index >= 15 is 0 Å². The predicted octanol–water partition coefficient (Wildman–Crippen LogP) is 3.94. The van der Waals surface area contributed by atoms with Crippen molar-refractivity contribution in [2.45, 2.75) is 31.5 Å². The molecule has 0 bridgehead atoms. The van der Waals surface area contributed by atoms with Crippen LogP contribution in [0.1, 0.15) is 17.0 Å². The molecule has 3 aromatic rings. The van der Waals surface area contributed by atoms with Crippen LogP contribution in [0.25, 0.3) is 0 Å². The van der Waals surface area contributed by atoms with Crippen molar-refractivity contribution in [3.8, 4) is 5.75 Å². The van der Waals surface area contributed by atoms with Crippen LogP contribution in [0, 0.1) is 6.92 Å². The molecule has 1 N–H and O–H groups in total. The first kappa shape index (κ1) is 21.7. The minimum atomic E-state index is -4.73. The first-order chi connectivity index (χ1) is 14.3. The van der Waals surface area contributed by atoms with E-state index in [1.165, 1.54) is 36.0 Å². The Balaban J connectivity index is 1.49. The highest BCUT2D eigenvalue weighted by Gasteiger charge is 2.30. The fourth-order valence-corrected chi connectivity index (χ4v) is 3.42. The highest BCUT2D eigenvalue weighted by Crippen LogP contribution is 2.23. The summed E-state index contributed by atoms with van der Waals surface area (Å²) in [5.41, 5.74) is 1.76. The summed E-state index contributed by atoms with van der Waals surface area (Å²) in [6.07, 6.45) is -4.73. The molecule has 1 heterocycles. The van der Waals surface area contributed by atoms with Gasteiger partial charge in [0.05, 0.1) is 12.3 Å². The maximum Gasteiger partial charge on any atom is 0.573 e. The summed E-state index contributed by atoms with van der Waals surface area (Å²) in [6.45, 7) is 2.66. The molecule has 10 heteroatoms. The fraction of sp³-hybridized carbons (Fsp3) is 0.250. The predicted molar refractivity (Wildman–Crippen MR) is 106 cm³/mol. The van der Waals surface area contributed by atoms with Crippen molar-refractivity contribution in [3.63, 3.8) is 0 Å². The molecular formula is C20H19F3N4O2S. The number of hydrogen-bond donors (Lipinski definition) is 1. The highest BCUT2D eigenvalue weighted by molar-refractivity contribution is 7.99. The fourth-order valence-electron chi connectivity index (χ4n) is 2.61. The van der Waals surface area contributed by atoms with Crippen LogP contribution in [-0.2, 0) is 17.9 Å². The van der Waals surface area contributed by atoms with Crippen LogP contribution in [0.4, 0.5) is 13.2 Å². The Bertz CT molecular complexity index is 976. The normalized spacial score (nSPS) is 11.3. The molecule has 2 aromatic carbocycles. The number of thioether (sulfide) groups is 1. The van der Waals surface area contributed by atoms with Gasteiger partial charge in [0.1, 0.15) is 11.6 Å². The van der Waals surface area contributed by atoms with Gasteiger partial charge in [0, 0.05) is 6.54 Å². The van der Waals surface area contributed by atoms with Gasteiger partial charge in [-0.2, -0.15) is 0 Å². The quantitative estimate of drug-likeness (QED) is 0.542. The average molecular weight is 436 g/mol. The molecule has 158 valence electrons. The molecule has 0 unspecified atom stereocenters. The van der Waals surface area contributed by atoms with E-state index in [0.29, 0.717) is 17.3 Å². The van der Waals surface area contributed by atoms with Crippen LogP contribution in [0.5, 0.6) is 5.75 Å². The third-order valence-electron chi connectivity index (χ3n) is 4.06. The molecule has 0 spiro atoms. The van der Waals surface area contributed by atoms with Crippen LogP contribution in [0.3, 0.4) is 0 Å². The second-order valence-corrected chi connectivity index (χ2v) is 7.30. The zero-order valence-corrected chi connectivity index (χ0v) is 16.8. The molecular weight excluding hydrogens is 417 g/mol. The molecule has 1 aromatic heterocycles. The summed E-state index contributed by atoms with van der Waals surface area (Å²) >= 11 is 1.27. The van der Waals surface area contributed by atoms with Crippen LogP contribution >= 0.6 is 11.8 Å². The number of benzene rings is 2. The van der Waals surface area contributed by atoms with Crippen molar-refractivity contribution in [3.05, 3.63) is 71.5 Å². The zero-order chi connectivity index (χ0) is 21.6. The largest absolute Gasteiger partial charge is 0.573 e. The third kappa shape index (κ3) is 6.51. The van der Waals surface area contributed by atoms with E-state index in [4.69, 9.17) is 0 Å². The number of aromatic nitrogens is 3. The first-order valence-corrected chi connectivity index (χ1v) is 9.96. The van der Waals surface area contributed by atoms with Crippen LogP contribution < -0.4 is 10.1 Å². The minimum Gasteiger partial charge on any atom is -0.406 e. The molecule has 0 aliphatic carbocycles. The van der Waals surface area contributed by atoms with Crippen molar-refractivity contribution in [2.24, 2.45) is 0 Å². The number of hydrogen-bond acceptors (Lipinski definition) is 5. The van der Waals surface area contributed by atoms with Gasteiger partial charge >= 0.3 is 6.36 Å². The Morgan fingerprint density at radius 3 is 2.43 bits per heavy atom. The summed E-state index contributed by atoms with van der Waals surface area (Å²) in [6, 6.07) is 15.2. The lowest BCUT2D eigenvalue weighted by Crippen LogP contribution is -2.24. The van der Waals surface area contributed by atoms with Crippen molar-refractivity contribution in [1.82, 2.24) is 20.1 Å². The molecule has 1 amide bonds. The second kappa shape index (κ2) is 9.66. The van der Waals surface area contributed by atoms with Gasteiger partial charge < -0.3 is 14.6 Å². The van der Waals surface area contributed by atoms with E-state index in [1.54, 1.807) is 0 Å². The van der Waals surface area contributed by atoms with E-state index < -0.39 is 6.36 Å². The number of amides is 1. The van der Waals surface area contributed by atoms with Crippen molar-refractivity contribution >= 4 is 17.7 Å². The van der Waals surface area contributed by atoms with Crippen LogP contribution in [0.2, 0.25) is 0 Å². The molecule has 0 aliphatic heterocycles. The molecule has 30 heavy (non-hydrogen) atoms. The molecule has 6 nitrogen and oxygen atoms in total. The number of ether oxygens (including phenoxy) is 1. The van der Waals surface area contributed by atoms with E-state index in [9.17, 15) is 18.0 Å². The van der Waals surface area contributed by atoms with Crippen molar-refractivity contribution in [1.29, 1.82) is 0 Å². The Labute approximate surface area is 175 Å². The standard InChI is InChI=1S/C20H19F3N4O2S/c1-14-25-26-19(27(14)12-16-5-3-2-4-6-16)30-13-18(28)24-11-15-7-9-17(10-8-15)29-20(21,22)23/h2-10H,11-13H2,1H3,(H,24,28). The minimum absolute atomic E-state index is 0.141. The number of rotatable bonds is 8.